The highest BCUT2D eigenvalue weighted by molar-refractivity contribution is 5.34. The van der Waals surface area contributed by atoms with Gasteiger partial charge in [0.25, 0.3) is 0 Å². The van der Waals surface area contributed by atoms with Gasteiger partial charge in [-0.2, -0.15) is 0 Å². The first-order chi connectivity index (χ1) is 11.6. The third-order valence-electron chi connectivity index (χ3n) is 5.57. The van der Waals surface area contributed by atoms with Crippen LogP contribution in [0.3, 0.4) is 0 Å². The zero-order chi connectivity index (χ0) is 18.3. The first-order valence-electron chi connectivity index (χ1n) is 8.37. The number of hydrogen-bond acceptors (Lipinski definition) is 5. The number of halogens is 3. The molecule has 1 heterocycles. The molecule has 1 spiro atoms. The Kier molecular flexibility index (Phi) is 4.74. The van der Waals surface area contributed by atoms with Crippen LogP contribution in [0.25, 0.3) is 0 Å². The van der Waals surface area contributed by atoms with Crippen LogP contribution in [0.1, 0.15) is 31.2 Å². The maximum absolute atomic E-state index is 12.5. The van der Waals surface area contributed by atoms with Crippen molar-refractivity contribution >= 4 is 0 Å². The molecule has 25 heavy (non-hydrogen) atoms. The van der Waals surface area contributed by atoms with Gasteiger partial charge < -0.3 is 9.84 Å². The summed E-state index contributed by atoms with van der Waals surface area (Å²) in [6, 6.07) is 6.27. The van der Waals surface area contributed by atoms with Gasteiger partial charge >= 0.3 is 6.36 Å². The van der Waals surface area contributed by atoms with Gasteiger partial charge in [0.2, 0.25) is 0 Å². The lowest BCUT2D eigenvalue weighted by atomic mass is 9.69. The van der Waals surface area contributed by atoms with E-state index in [1.165, 1.54) is 12.1 Å². The second kappa shape index (κ2) is 6.42. The number of rotatable bonds is 3. The monoisotopic (exact) mass is 359 g/mol. The van der Waals surface area contributed by atoms with Crippen LogP contribution >= 0.6 is 0 Å². The standard InChI is InChI=1S/C17H24F3N3O2/c1-23(2)16(8-6-15(7-9-16)11-21-14(24)22-15)12-4-3-5-13(10-12)25-17(18,19)20/h3-5,10,14,21-22,24H,6-9,11H2,1-2H3/t14?,15-,16+. The van der Waals surface area contributed by atoms with Crippen LogP contribution in [0, 0.1) is 0 Å². The third kappa shape index (κ3) is 3.76. The van der Waals surface area contributed by atoms with Gasteiger partial charge in [0.15, 0.2) is 6.35 Å². The van der Waals surface area contributed by atoms with Gasteiger partial charge in [0.1, 0.15) is 5.75 Å². The molecule has 2 fully saturated rings. The minimum Gasteiger partial charge on any atom is -0.406 e. The van der Waals surface area contributed by atoms with Gasteiger partial charge in [0, 0.05) is 17.6 Å². The minimum atomic E-state index is -4.70. The molecule has 1 saturated heterocycles. The number of aliphatic hydroxyl groups excluding tert-OH is 1. The maximum atomic E-state index is 12.5. The number of nitrogens with one attached hydrogen (secondary N) is 2. The zero-order valence-corrected chi connectivity index (χ0v) is 14.4. The Labute approximate surface area is 145 Å². The van der Waals surface area contributed by atoms with Crippen molar-refractivity contribution in [3.05, 3.63) is 29.8 Å². The predicted octanol–water partition coefficient (Wildman–Crippen LogP) is 2.12. The number of aliphatic hydroxyl groups is 1. The van der Waals surface area contributed by atoms with E-state index in [1.54, 1.807) is 6.07 Å². The zero-order valence-electron chi connectivity index (χ0n) is 14.4. The first kappa shape index (κ1) is 18.4. The Bertz CT molecular complexity index is 613. The van der Waals surface area contributed by atoms with Gasteiger partial charge in [-0.25, -0.2) is 0 Å². The molecule has 2 aliphatic rings. The van der Waals surface area contributed by atoms with E-state index in [9.17, 15) is 18.3 Å². The summed E-state index contributed by atoms with van der Waals surface area (Å²) in [5.74, 6) is -0.192. The molecule has 0 aromatic heterocycles. The Morgan fingerprint density at radius 3 is 2.40 bits per heavy atom. The topological polar surface area (TPSA) is 56.8 Å². The van der Waals surface area contributed by atoms with Gasteiger partial charge in [-0.3, -0.25) is 15.5 Å². The number of ether oxygens (including phenoxy) is 1. The minimum absolute atomic E-state index is 0.154. The van der Waals surface area contributed by atoms with Crippen molar-refractivity contribution < 1.29 is 23.0 Å². The molecule has 5 nitrogen and oxygen atoms in total. The van der Waals surface area contributed by atoms with Crippen molar-refractivity contribution in [1.82, 2.24) is 15.5 Å². The summed E-state index contributed by atoms with van der Waals surface area (Å²) >= 11 is 0. The van der Waals surface area contributed by atoms with Crippen molar-refractivity contribution in [1.29, 1.82) is 0 Å². The molecule has 1 aromatic rings. The fraction of sp³-hybridized carbons (Fsp3) is 0.647. The van der Waals surface area contributed by atoms with Gasteiger partial charge in [0.05, 0.1) is 0 Å². The highest BCUT2D eigenvalue weighted by Gasteiger charge is 2.47. The number of alkyl halides is 3. The van der Waals surface area contributed by atoms with E-state index in [0.29, 0.717) is 6.54 Å². The number of nitrogens with zero attached hydrogens (tertiary/aromatic N) is 1. The lowest BCUT2D eigenvalue weighted by Gasteiger charge is -2.49. The van der Waals surface area contributed by atoms with Crippen LogP contribution in [0.2, 0.25) is 0 Å². The average molecular weight is 359 g/mol. The van der Waals surface area contributed by atoms with Crippen molar-refractivity contribution in [3.8, 4) is 5.75 Å². The maximum Gasteiger partial charge on any atom is 0.573 e. The predicted molar refractivity (Wildman–Crippen MR) is 86.8 cm³/mol. The molecule has 1 aromatic carbocycles. The number of hydrogen-bond donors (Lipinski definition) is 3. The third-order valence-corrected chi connectivity index (χ3v) is 5.57. The average Bonchev–Trinajstić information content (AvgIpc) is 2.87. The van der Waals surface area contributed by atoms with E-state index in [4.69, 9.17) is 0 Å². The molecule has 3 rings (SSSR count). The lowest BCUT2D eigenvalue weighted by molar-refractivity contribution is -0.274. The smallest absolute Gasteiger partial charge is 0.406 e. The van der Waals surface area contributed by atoms with Crippen molar-refractivity contribution in [2.45, 2.75) is 49.5 Å². The summed E-state index contributed by atoms with van der Waals surface area (Å²) in [5, 5.41) is 15.9. The molecular weight excluding hydrogens is 335 g/mol. The Morgan fingerprint density at radius 2 is 1.88 bits per heavy atom. The van der Waals surface area contributed by atoms with E-state index < -0.39 is 12.7 Å². The molecule has 0 radical (unpaired) electrons. The van der Waals surface area contributed by atoms with Crippen LogP contribution in [0.4, 0.5) is 13.2 Å². The Balaban J connectivity index is 1.84. The molecule has 1 unspecified atom stereocenters. The van der Waals surface area contributed by atoms with E-state index in [-0.39, 0.29) is 16.8 Å². The summed E-state index contributed by atoms with van der Waals surface area (Å²) in [5.41, 5.74) is 0.311. The van der Waals surface area contributed by atoms with E-state index in [2.05, 4.69) is 20.3 Å². The molecule has 0 amide bonds. The molecule has 1 aliphatic carbocycles. The van der Waals surface area contributed by atoms with Crippen LogP contribution in [-0.2, 0) is 5.54 Å². The summed E-state index contributed by atoms with van der Waals surface area (Å²) in [7, 11) is 3.90. The van der Waals surface area contributed by atoms with Gasteiger partial charge in [-0.15, -0.1) is 13.2 Å². The van der Waals surface area contributed by atoms with Crippen LogP contribution < -0.4 is 15.4 Å². The summed E-state index contributed by atoms with van der Waals surface area (Å²) < 4.78 is 41.7. The van der Waals surface area contributed by atoms with Crippen molar-refractivity contribution in [2.24, 2.45) is 0 Å². The highest BCUT2D eigenvalue weighted by Crippen LogP contribution is 2.46. The van der Waals surface area contributed by atoms with E-state index in [1.807, 2.05) is 20.2 Å². The van der Waals surface area contributed by atoms with Crippen LogP contribution in [0.15, 0.2) is 24.3 Å². The second-order valence-corrected chi connectivity index (χ2v) is 7.21. The van der Waals surface area contributed by atoms with Crippen LogP contribution in [0.5, 0.6) is 5.75 Å². The summed E-state index contributed by atoms with van der Waals surface area (Å²) in [6.45, 7) is 0.689. The molecule has 140 valence electrons. The molecule has 1 atom stereocenters. The molecule has 3 N–H and O–H groups in total. The summed E-state index contributed by atoms with van der Waals surface area (Å²) in [4.78, 5) is 2.07. The van der Waals surface area contributed by atoms with Crippen molar-refractivity contribution in [2.75, 3.05) is 20.6 Å². The second-order valence-electron chi connectivity index (χ2n) is 7.21. The van der Waals surface area contributed by atoms with Crippen LogP contribution in [-0.4, -0.2) is 48.9 Å². The molecule has 8 heteroatoms. The lowest BCUT2D eigenvalue weighted by Crippen LogP contribution is -2.54. The SMILES string of the molecule is CN(C)[C@]1(c2cccc(OC(F)(F)F)c2)CC[C@]2(CC1)CNC(O)N2. The Morgan fingerprint density at radius 1 is 1.20 bits per heavy atom. The Hall–Kier alpha value is -1.35. The van der Waals surface area contributed by atoms with Gasteiger partial charge in [-0.05, 0) is 57.5 Å². The quantitative estimate of drug-likeness (QED) is 0.772. The largest absolute Gasteiger partial charge is 0.573 e. The molecule has 1 aliphatic heterocycles. The normalized spacial score (nSPS) is 33.2. The molecule has 0 bridgehead atoms. The number of benzene rings is 1. The summed E-state index contributed by atoms with van der Waals surface area (Å²) in [6.07, 6.45) is -2.21. The molecule has 1 saturated carbocycles. The molecular formula is C17H24F3N3O2. The van der Waals surface area contributed by atoms with E-state index >= 15 is 0 Å². The fourth-order valence-corrected chi connectivity index (χ4v) is 4.12. The highest BCUT2D eigenvalue weighted by atomic mass is 19.4. The van der Waals surface area contributed by atoms with Gasteiger partial charge in [-0.1, -0.05) is 12.1 Å². The van der Waals surface area contributed by atoms with E-state index in [0.717, 1.165) is 31.2 Å². The fourth-order valence-electron chi connectivity index (χ4n) is 4.12. The van der Waals surface area contributed by atoms with Crippen molar-refractivity contribution in [3.63, 3.8) is 0 Å². The first-order valence-corrected chi connectivity index (χ1v) is 8.37.